The number of thiocarbonyl (C=S) groups is 1. The summed E-state index contributed by atoms with van der Waals surface area (Å²) in [7, 11) is -3.82. The lowest BCUT2D eigenvalue weighted by Crippen LogP contribution is -2.15. The third-order valence-electron chi connectivity index (χ3n) is 2.60. The summed E-state index contributed by atoms with van der Waals surface area (Å²) in [5, 5.41) is 0.613. The molecule has 2 rings (SSSR count). The zero-order valence-corrected chi connectivity index (χ0v) is 13.7. The van der Waals surface area contributed by atoms with E-state index in [-0.39, 0.29) is 20.6 Å². The zero-order valence-electron chi connectivity index (χ0n) is 10.5. The van der Waals surface area contributed by atoms with Crippen LogP contribution in [0.15, 0.2) is 47.4 Å². The molecule has 0 spiro atoms. The maximum atomic E-state index is 12.3. The maximum absolute atomic E-state index is 12.3. The first-order chi connectivity index (χ1) is 9.79. The van der Waals surface area contributed by atoms with Gasteiger partial charge in [-0.2, -0.15) is 0 Å². The summed E-state index contributed by atoms with van der Waals surface area (Å²) < 4.78 is 27.1. The van der Waals surface area contributed by atoms with Crippen molar-refractivity contribution >= 4 is 56.1 Å². The molecular formula is C13H10Cl2N2O2S2. The minimum Gasteiger partial charge on any atom is -0.389 e. The molecule has 0 radical (unpaired) electrons. The molecule has 0 aliphatic carbocycles. The van der Waals surface area contributed by atoms with Crippen molar-refractivity contribution in [2.24, 2.45) is 5.73 Å². The first kappa shape index (κ1) is 16.0. The van der Waals surface area contributed by atoms with Gasteiger partial charge in [-0.25, -0.2) is 8.42 Å². The second-order valence-corrected chi connectivity index (χ2v) is 7.09. The fraction of sp³-hybridized carbons (Fsp3) is 0. The van der Waals surface area contributed by atoms with Crippen molar-refractivity contribution in [1.29, 1.82) is 0 Å². The summed E-state index contributed by atoms with van der Waals surface area (Å²) in [5.74, 6) is 0. The molecular weight excluding hydrogens is 351 g/mol. The number of hydrogen-bond donors (Lipinski definition) is 2. The lowest BCUT2D eigenvalue weighted by molar-refractivity contribution is 0.601. The van der Waals surface area contributed by atoms with Gasteiger partial charge in [-0.15, -0.1) is 0 Å². The average molecular weight is 361 g/mol. The smallest absolute Gasteiger partial charge is 0.261 e. The minimum absolute atomic E-state index is 0.0313. The first-order valence-electron chi connectivity index (χ1n) is 5.67. The maximum Gasteiger partial charge on any atom is 0.261 e. The lowest BCUT2D eigenvalue weighted by atomic mass is 10.2. The number of rotatable bonds is 4. The molecule has 0 aromatic heterocycles. The van der Waals surface area contributed by atoms with Crippen LogP contribution in [-0.2, 0) is 10.0 Å². The molecule has 2 aromatic rings. The summed E-state index contributed by atoms with van der Waals surface area (Å²) >= 11 is 16.6. The highest BCUT2D eigenvalue weighted by atomic mass is 35.5. The Kier molecular flexibility index (Phi) is 4.73. The van der Waals surface area contributed by atoms with Crippen LogP contribution in [0.4, 0.5) is 5.69 Å². The largest absolute Gasteiger partial charge is 0.389 e. The molecule has 0 unspecified atom stereocenters. The van der Waals surface area contributed by atoms with Crippen LogP contribution in [0.3, 0.4) is 0 Å². The highest BCUT2D eigenvalue weighted by molar-refractivity contribution is 7.92. The van der Waals surface area contributed by atoms with Gasteiger partial charge in [0, 0.05) is 10.6 Å². The standard InChI is InChI=1S/C13H10Cl2N2O2S2/c14-9-4-5-11(15)12(7-9)17-21(18,19)10-3-1-2-8(6-10)13(16)20/h1-7,17H,(H2,16,20). The Hall–Kier alpha value is -1.34. The summed E-state index contributed by atoms with van der Waals surface area (Å²) in [6.45, 7) is 0. The van der Waals surface area contributed by atoms with E-state index in [1.165, 1.54) is 24.3 Å². The van der Waals surface area contributed by atoms with Crippen molar-refractivity contribution in [2.75, 3.05) is 4.72 Å². The Labute approximate surface area is 137 Å². The van der Waals surface area contributed by atoms with Crippen molar-refractivity contribution in [3.05, 3.63) is 58.1 Å². The summed E-state index contributed by atoms with van der Waals surface area (Å²) in [4.78, 5) is 0.150. The predicted octanol–water partition coefficient (Wildman–Crippen LogP) is 3.43. The molecule has 0 saturated heterocycles. The topological polar surface area (TPSA) is 72.2 Å². The molecule has 2 aromatic carbocycles. The van der Waals surface area contributed by atoms with Crippen LogP contribution in [0.1, 0.15) is 5.56 Å². The van der Waals surface area contributed by atoms with Crippen LogP contribution < -0.4 is 10.5 Å². The Morgan fingerprint density at radius 1 is 1.14 bits per heavy atom. The molecule has 3 N–H and O–H groups in total. The van der Waals surface area contributed by atoms with Crippen LogP contribution in [0, 0.1) is 0 Å². The highest BCUT2D eigenvalue weighted by Gasteiger charge is 2.16. The van der Waals surface area contributed by atoms with Crippen molar-refractivity contribution in [2.45, 2.75) is 4.90 Å². The molecule has 21 heavy (non-hydrogen) atoms. The molecule has 4 nitrogen and oxygen atoms in total. The van der Waals surface area contributed by atoms with E-state index in [1.807, 2.05) is 0 Å². The fourth-order valence-corrected chi connectivity index (χ4v) is 3.23. The number of anilines is 1. The molecule has 0 bridgehead atoms. The monoisotopic (exact) mass is 360 g/mol. The third kappa shape index (κ3) is 3.85. The number of nitrogens with two attached hydrogens (primary N) is 1. The Bertz CT molecular complexity index is 808. The van der Waals surface area contributed by atoms with Gasteiger partial charge < -0.3 is 5.73 Å². The van der Waals surface area contributed by atoms with E-state index in [4.69, 9.17) is 41.2 Å². The van der Waals surface area contributed by atoms with Crippen molar-refractivity contribution in [3.63, 3.8) is 0 Å². The van der Waals surface area contributed by atoms with E-state index in [2.05, 4.69) is 4.72 Å². The van der Waals surface area contributed by atoms with Gasteiger partial charge in [-0.3, -0.25) is 4.72 Å². The second kappa shape index (κ2) is 6.19. The van der Waals surface area contributed by atoms with Gasteiger partial charge in [-0.1, -0.05) is 47.6 Å². The highest BCUT2D eigenvalue weighted by Crippen LogP contribution is 2.27. The number of sulfonamides is 1. The minimum atomic E-state index is -3.82. The molecule has 0 atom stereocenters. The summed E-state index contributed by atoms with van der Waals surface area (Å²) in [5.41, 5.74) is 6.16. The lowest BCUT2D eigenvalue weighted by Gasteiger charge is -2.10. The third-order valence-corrected chi connectivity index (χ3v) is 4.77. The number of hydrogen-bond acceptors (Lipinski definition) is 3. The van der Waals surface area contributed by atoms with E-state index in [0.717, 1.165) is 0 Å². The quantitative estimate of drug-likeness (QED) is 0.819. The molecule has 0 aliphatic rings. The number of halogens is 2. The SMILES string of the molecule is NC(=S)c1cccc(S(=O)(=O)Nc2cc(Cl)ccc2Cl)c1. The van der Waals surface area contributed by atoms with Crippen LogP contribution in [0.2, 0.25) is 10.0 Å². The average Bonchev–Trinajstić information content (AvgIpc) is 2.43. The molecule has 0 aliphatic heterocycles. The van der Waals surface area contributed by atoms with E-state index in [1.54, 1.807) is 18.2 Å². The van der Waals surface area contributed by atoms with E-state index < -0.39 is 10.0 Å². The predicted molar refractivity (Wildman–Crippen MR) is 89.6 cm³/mol. The number of benzene rings is 2. The van der Waals surface area contributed by atoms with Gasteiger partial charge in [0.05, 0.1) is 15.6 Å². The van der Waals surface area contributed by atoms with E-state index >= 15 is 0 Å². The van der Waals surface area contributed by atoms with E-state index in [9.17, 15) is 8.42 Å². The Balaban J connectivity index is 2.41. The fourth-order valence-electron chi connectivity index (χ4n) is 1.60. The first-order valence-corrected chi connectivity index (χ1v) is 8.32. The molecule has 110 valence electrons. The van der Waals surface area contributed by atoms with Gasteiger partial charge in [0.15, 0.2) is 0 Å². The van der Waals surface area contributed by atoms with Crippen molar-refractivity contribution < 1.29 is 8.42 Å². The van der Waals surface area contributed by atoms with Gasteiger partial charge in [-0.05, 0) is 30.3 Å². The molecule has 0 fully saturated rings. The Morgan fingerprint density at radius 3 is 2.52 bits per heavy atom. The van der Waals surface area contributed by atoms with Gasteiger partial charge in [0.25, 0.3) is 10.0 Å². The van der Waals surface area contributed by atoms with E-state index in [0.29, 0.717) is 10.6 Å². The van der Waals surface area contributed by atoms with Crippen LogP contribution >= 0.6 is 35.4 Å². The van der Waals surface area contributed by atoms with Gasteiger partial charge in [0.1, 0.15) is 4.99 Å². The molecule has 8 heteroatoms. The van der Waals surface area contributed by atoms with Crippen LogP contribution in [0.25, 0.3) is 0 Å². The second-order valence-electron chi connectivity index (χ2n) is 4.12. The normalized spacial score (nSPS) is 11.1. The van der Waals surface area contributed by atoms with Crippen LogP contribution in [-0.4, -0.2) is 13.4 Å². The number of nitrogens with one attached hydrogen (secondary N) is 1. The van der Waals surface area contributed by atoms with Crippen molar-refractivity contribution in [3.8, 4) is 0 Å². The zero-order chi connectivity index (χ0) is 15.6. The van der Waals surface area contributed by atoms with Gasteiger partial charge >= 0.3 is 0 Å². The summed E-state index contributed by atoms with van der Waals surface area (Å²) in [6, 6.07) is 10.5. The Morgan fingerprint density at radius 2 is 1.86 bits per heavy atom. The van der Waals surface area contributed by atoms with Gasteiger partial charge in [0.2, 0.25) is 0 Å². The van der Waals surface area contributed by atoms with Crippen LogP contribution in [0.5, 0.6) is 0 Å². The molecule has 0 amide bonds. The summed E-state index contributed by atoms with van der Waals surface area (Å²) in [6.07, 6.45) is 0. The molecule has 0 saturated carbocycles. The molecule has 0 heterocycles. The van der Waals surface area contributed by atoms with Crippen molar-refractivity contribution in [1.82, 2.24) is 0 Å².